The fraction of sp³-hybridized carbons (Fsp3) is 0.737. The number of hydrogen-bond donors (Lipinski definition) is 4. The first kappa shape index (κ1) is 22.3. The van der Waals surface area contributed by atoms with E-state index in [1.807, 2.05) is 0 Å². The van der Waals surface area contributed by atoms with Crippen molar-refractivity contribution in [2.24, 2.45) is 14.1 Å². The number of nitrogens with one attached hydrogen (secondary N) is 2. The maximum absolute atomic E-state index is 12.0. The molecule has 2 aromatic rings. The van der Waals surface area contributed by atoms with Crippen LogP contribution in [0.5, 0.6) is 0 Å². The number of nitrogens with zero attached hydrogens (tertiary/aromatic N) is 3. The number of rotatable bonds is 13. The van der Waals surface area contributed by atoms with Crippen molar-refractivity contribution in [1.29, 1.82) is 0 Å². The van der Waals surface area contributed by atoms with E-state index in [1.54, 1.807) is 18.7 Å². The largest absolute Gasteiger partial charge is 0.396 e. The van der Waals surface area contributed by atoms with E-state index in [-0.39, 0.29) is 12.7 Å². The van der Waals surface area contributed by atoms with Crippen LogP contribution in [-0.4, -0.2) is 55.1 Å². The normalized spacial score (nSPS) is 12.7. The van der Waals surface area contributed by atoms with E-state index in [0.717, 1.165) is 50.9 Å². The lowest BCUT2D eigenvalue weighted by atomic mass is 10.1. The molecule has 0 spiro atoms. The third-order valence-corrected chi connectivity index (χ3v) is 5.06. The molecule has 0 aromatic carbocycles. The predicted molar refractivity (Wildman–Crippen MR) is 109 cm³/mol. The first-order valence-electron chi connectivity index (χ1n) is 10.1. The number of aliphatic hydroxyl groups is 2. The zero-order valence-corrected chi connectivity index (χ0v) is 16.9. The highest BCUT2D eigenvalue weighted by Crippen LogP contribution is 2.12. The summed E-state index contributed by atoms with van der Waals surface area (Å²) in [4.78, 5) is 30.5. The van der Waals surface area contributed by atoms with Gasteiger partial charge in [0.25, 0.3) is 5.56 Å². The lowest BCUT2D eigenvalue weighted by Gasteiger charge is -2.11. The molecule has 2 aromatic heterocycles. The van der Waals surface area contributed by atoms with E-state index in [2.05, 4.69) is 15.3 Å². The minimum absolute atomic E-state index is 0.259. The molecular formula is C19H33N5O4. The van der Waals surface area contributed by atoms with Crippen LogP contribution in [0.1, 0.15) is 50.8 Å². The van der Waals surface area contributed by atoms with Crippen molar-refractivity contribution in [2.45, 2.75) is 57.5 Å². The van der Waals surface area contributed by atoms with Gasteiger partial charge in [0.1, 0.15) is 5.82 Å². The molecule has 2 rings (SSSR count). The number of imidazole rings is 1. The molecule has 0 saturated heterocycles. The maximum atomic E-state index is 12.0. The standard InChI is InChI=1S/C19H33N5O4/c1-23-15(21-17-16(23)18(27)22-19(28)24(17)2)10-6-5-9-14(26)13-20-11-7-3-4-8-12-25/h14,20,25-26H,3-13H2,1-2H3,(H,22,27,28). The molecule has 0 amide bonds. The van der Waals surface area contributed by atoms with Crippen LogP contribution >= 0.6 is 0 Å². The number of H-pyrrole nitrogens is 1. The average molecular weight is 396 g/mol. The Kier molecular flexibility index (Phi) is 8.88. The summed E-state index contributed by atoms with van der Waals surface area (Å²) >= 11 is 0. The highest BCUT2D eigenvalue weighted by atomic mass is 16.3. The number of unbranched alkanes of at least 4 members (excludes halogenated alkanes) is 4. The SMILES string of the molecule is Cn1c(CCCCC(O)CNCCCCCCO)nc2c1c(=O)[nH]c(=O)n2C. The lowest BCUT2D eigenvalue weighted by Crippen LogP contribution is -2.29. The first-order chi connectivity index (χ1) is 13.5. The Labute approximate surface area is 164 Å². The summed E-state index contributed by atoms with van der Waals surface area (Å²) in [5.74, 6) is 0.761. The van der Waals surface area contributed by atoms with Crippen LogP contribution in [0.3, 0.4) is 0 Å². The fourth-order valence-corrected chi connectivity index (χ4v) is 3.33. The van der Waals surface area contributed by atoms with Gasteiger partial charge in [0.05, 0.1) is 6.10 Å². The zero-order chi connectivity index (χ0) is 20.5. The fourth-order valence-electron chi connectivity index (χ4n) is 3.33. The van der Waals surface area contributed by atoms with Crippen molar-refractivity contribution in [2.75, 3.05) is 19.7 Å². The Morgan fingerprint density at radius 1 is 1.07 bits per heavy atom. The second-order valence-electron chi connectivity index (χ2n) is 7.32. The molecule has 0 saturated carbocycles. The zero-order valence-electron chi connectivity index (χ0n) is 16.9. The summed E-state index contributed by atoms with van der Waals surface area (Å²) in [6, 6.07) is 0. The van der Waals surface area contributed by atoms with E-state index >= 15 is 0 Å². The van der Waals surface area contributed by atoms with Gasteiger partial charge in [-0.05, 0) is 32.2 Å². The lowest BCUT2D eigenvalue weighted by molar-refractivity contribution is 0.158. The molecule has 0 bridgehead atoms. The highest BCUT2D eigenvalue weighted by Gasteiger charge is 2.14. The van der Waals surface area contributed by atoms with E-state index in [1.165, 1.54) is 4.57 Å². The molecule has 0 radical (unpaired) electrons. The van der Waals surface area contributed by atoms with Gasteiger partial charge in [-0.15, -0.1) is 0 Å². The Bertz CT molecular complexity index is 854. The van der Waals surface area contributed by atoms with Gasteiger partial charge >= 0.3 is 5.69 Å². The van der Waals surface area contributed by atoms with Crippen LogP contribution in [0.25, 0.3) is 11.2 Å². The van der Waals surface area contributed by atoms with Gasteiger partial charge in [-0.1, -0.05) is 19.3 Å². The molecule has 1 unspecified atom stereocenters. The molecule has 0 fully saturated rings. The Hall–Kier alpha value is -1.97. The van der Waals surface area contributed by atoms with E-state index < -0.39 is 11.2 Å². The van der Waals surface area contributed by atoms with Gasteiger partial charge < -0.3 is 20.1 Å². The van der Waals surface area contributed by atoms with Crippen molar-refractivity contribution in [3.8, 4) is 0 Å². The molecule has 0 aliphatic heterocycles. The molecule has 158 valence electrons. The van der Waals surface area contributed by atoms with Crippen LogP contribution < -0.4 is 16.6 Å². The topological polar surface area (TPSA) is 125 Å². The van der Waals surface area contributed by atoms with Crippen molar-refractivity contribution >= 4 is 11.2 Å². The summed E-state index contributed by atoms with van der Waals surface area (Å²) in [5, 5.41) is 22.0. The number of hydrogen-bond acceptors (Lipinski definition) is 6. The maximum Gasteiger partial charge on any atom is 0.329 e. The number of aromatic amines is 1. The molecule has 2 heterocycles. The quantitative estimate of drug-likeness (QED) is 0.359. The monoisotopic (exact) mass is 395 g/mol. The summed E-state index contributed by atoms with van der Waals surface area (Å²) in [6.45, 7) is 1.73. The Morgan fingerprint density at radius 2 is 1.82 bits per heavy atom. The molecule has 0 aliphatic carbocycles. The Balaban J connectivity index is 1.72. The van der Waals surface area contributed by atoms with Gasteiger partial charge in [-0.3, -0.25) is 14.3 Å². The summed E-state index contributed by atoms with van der Waals surface area (Å²) in [7, 11) is 3.37. The van der Waals surface area contributed by atoms with Crippen LogP contribution in [0.15, 0.2) is 9.59 Å². The van der Waals surface area contributed by atoms with Crippen LogP contribution in [0.2, 0.25) is 0 Å². The number of aliphatic hydroxyl groups excluding tert-OH is 2. The summed E-state index contributed by atoms with van der Waals surface area (Å²) in [5.41, 5.74) is -0.0850. The molecule has 9 heteroatoms. The summed E-state index contributed by atoms with van der Waals surface area (Å²) in [6.07, 6.45) is 6.78. The van der Waals surface area contributed by atoms with Crippen molar-refractivity contribution in [3.63, 3.8) is 0 Å². The molecule has 0 aliphatic rings. The average Bonchev–Trinajstić information content (AvgIpc) is 3.00. The molecule has 4 N–H and O–H groups in total. The molecule has 9 nitrogen and oxygen atoms in total. The van der Waals surface area contributed by atoms with Crippen molar-refractivity contribution < 1.29 is 10.2 Å². The van der Waals surface area contributed by atoms with Gasteiger partial charge in [-0.2, -0.15) is 0 Å². The van der Waals surface area contributed by atoms with E-state index in [9.17, 15) is 14.7 Å². The number of aromatic nitrogens is 4. The molecule has 1 atom stereocenters. The van der Waals surface area contributed by atoms with E-state index in [0.29, 0.717) is 30.6 Å². The van der Waals surface area contributed by atoms with Crippen molar-refractivity contribution in [1.82, 2.24) is 24.4 Å². The van der Waals surface area contributed by atoms with Gasteiger partial charge in [0, 0.05) is 33.7 Å². The predicted octanol–water partition coefficient (Wildman–Crippen LogP) is 0.176. The minimum Gasteiger partial charge on any atom is -0.396 e. The van der Waals surface area contributed by atoms with Crippen LogP contribution in [0, 0.1) is 0 Å². The highest BCUT2D eigenvalue weighted by molar-refractivity contribution is 5.70. The van der Waals surface area contributed by atoms with Crippen LogP contribution in [0.4, 0.5) is 0 Å². The molecular weight excluding hydrogens is 362 g/mol. The second kappa shape index (κ2) is 11.1. The first-order valence-corrected chi connectivity index (χ1v) is 10.1. The van der Waals surface area contributed by atoms with Gasteiger partial charge in [-0.25, -0.2) is 9.78 Å². The molecule has 28 heavy (non-hydrogen) atoms. The smallest absolute Gasteiger partial charge is 0.329 e. The van der Waals surface area contributed by atoms with Gasteiger partial charge in [0.15, 0.2) is 11.2 Å². The second-order valence-corrected chi connectivity index (χ2v) is 7.32. The van der Waals surface area contributed by atoms with E-state index in [4.69, 9.17) is 5.11 Å². The third-order valence-electron chi connectivity index (χ3n) is 5.06. The van der Waals surface area contributed by atoms with Crippen molar-refractivity contribution in [3.05, 3.63) is 26.7 Å². The minimum atomic E-state index is -0.467. The Morgan fingerprint density at radius 3 is 2.57 bits per heavy atom. The number of aryl methyl sites for hydroxylation is 3. The summed E-state index contributed by atoms with van der Waals surface area (Å²) < 4.78 is 3.09. The number of fused-ring (bicyclic) bond motifs is 1. The van der Waals surface area contributed by atoms with Crippen LogP contribution in [-0.2, 0) is 20.5 Å². The van der Waals surface area contributed by atoms with Gasteiger partial charge in [0.2, 0.25) is 0 Å². The third kappa shape index (κ3) is 6.02.